The average molecular weight is 259 g/mol. The number of aliphatic hydroxyl groups is 1. The van der Waals surface area contributed by atoms with Crippen LogP contribution in [-0.2, 0) is 6.42 Å². The fourth-order valence-corrected chi connectivity index (χ4v) is 2.21. The van der Waals surface area contributed by atoms with Crippen molar-refractivity contribution < 1.29 is 9.84 Å². The molecule has 0 bridgehead atoms. The van der Waals surface area contributed by atoms with Crippen LogP contribution in [0.5, 0.6) is 5.75 Å². The number of hydrogen-bond donors (Lipinski definition) is 1. The largest absolute Gasteiger partial charge is 0.495 e. The zero-order valence-electron chi connectivity index (χ0n) is 8.51. The van der Waals surface area contributed by atoms with E-state index in [0.29, 0.717) is 0 Å². The second-order valence-corrected chi connectivity index (χ2v) is 4.01. The summed E-state index contributed by atoms with van der Waals surface area (Å²) in [5, 5.41) is 8.75. The van der Waals surface area contributed by atoms with Gasteiger partial charge >= 0.3 is 0 Å². The van der Waals surface area contributed by atoms with Gasteiger partial charge in [0, 0.05) is 6.61 Å². The van der Waals surface area contributed by atoms with E-state index in [2.05, 4.69) is 22.0 Å². The van der Waals surface area contributed by atoms with E-state index in [1.165, 1.54) is 5.56 Å². The minimum atomic E-state index is 0.225. The SMILES string of the molecule is COc1c(C)ccc(CCCO)c1Br. The number of halogens is 1. The van der Waals surface area contributed by atoms with Crippen LogP contribution in [-0.4, -0.2) is 18.8 Å². The Hall–Kier alpha value is -0.540. The molecule has 1 N–H and O–H groups in total. The third-order valence-electron chi connectivity index (χ3n) is 2.18. The van der Waals surface area contributed by atoms with E-state index >= 15 is 0 Å². The van der Waals surface area contributed by atoms with E-state index in [-0.39, 0.29) is 6.61 Å². The van der Waals surface area contributed by atoms with Gasteiger partial charge in [-0.1, -0.05) is 12.1 Å². The molecule has 3 heteroatoms. The summed E-state index contributed by atoms with van der Waals surface area (Å²) in [6, 6.07) is 4.11. The molecule has 1 aromatic carbocycles. The molecule has 0 aliphatic carbocycles. The summed E-state index contributed by atoms with van der Waals surface area (Å²) in [4.78, 5) is 0. The van der Waals surface area contributed by atoms with Gasteiger partial charge in [-0.25, -0.2) is 0 Å². The van der Waals surface area contributed by atoms with Gasteiger partial charge in [0.25, 0.3) is 0 Å². The Morgan fingerprint density at radius 3 is 2.71 bits per heavy atom. The maximum Gasteiger partial charge on any atom is 0.136 e. The maximum atomic E-state index is 8.75. The maximum absolute atomic E-state index is 8.75. The molecule has 0 heterocycles. The highest BCUT2D eigenvalue weighted by molar-refractivity contribution is 9.10. The van der Waals surface area contributed by atoms with Crippen molar-refractivity contribution in [3.05, 3.63) is 27.7 Å². The highest BCUT2D eigenvalue weighted by Gasteiger charge is 2.08. The summed E-state index contributed by atoms with van der Waals surface area (Å²) in [6.07, 6.45) is 1.65. The number of aryl methyl sites for hydroxylation is 2. The van der Waals surface area contributed by atoms with Gasteiger partial charge in [-0.2, -0.15) is 0 Å². The minimum Gasteiger partial charge on any atom is -0.495 e. The van der Waals surface area contributed by atoms with E-state index < -0.39 is 0 Å². The fourth-order valence-electron chi connectivity index (χ4n) is 1.41. The van der Waals surface area contributed by atoms with Crippen LogP contribution in [0.3, 0.4) is 0 Å². The van der Waals surface area contributed by atoms with Gasteiger partial charge in [-0.05, 0) is 46.8 Å². The van der Waals surface area contributed by atoms with Crippen LogP contribution in [0.4, 0.5) is 0 Å². The summed E-state index contributed by atoms with van der Waals surface area (Å²) in [5.41, 5.74) is 2.30. The molecule has 0 fully saturated rings. The van der Waals surface area contributed by atoms with E-state index in [0.717, 1.165) is 28.6 Å². The molecule has 0 aromatic heterocycles. The van der Waals surface area contributed by atoms with Crippen molar-refractivity contribution in [2.75, 3.05) is 13.7 Å². The molecular formula is C11H15BrO2. The normalized spacial score (nSPS) is 10.3. The van der Waals surface area contributed by atoms with Crippen LogP contribution >= 0.6 is 15.9 Å². The smallest absolute Gasteiger partial charge is 0.136 e. The van der Waals surface area contributed by atoms with Crippen molar-refractivity contribution in [3.8, 4) is 5.75 Å². The Balaban J connectivity index is 2.96. The van der Waals surface area contributed by atoms with Crippen molar-refractivity contribution in [1.82, 2.24) is 0 Å². The summed E-state index contributed by atoms with van der Waals surface area (Å²) in [6.45, 7) is 2.24. The molecule has 0 unspecified atom stereocenters. The first-order valence-corrected chi connectivity index (χ1v) is 5.42. The minimum absolute atomic E-state index is 0.225. The Morgan fingerprint density at radius 1 is 1.43 bits per heavy atom. The van der Waals surface area contributed by atoms with Crippen LogP contribution < -0.4 is 4.74 Å². The van der Waals surface area contributed by atoms with Crippen molar-refractivity contribution >= 4 is 15.9 Å². The molecule has 1 rings (SSSR count). The molecule has 78 valence electrons. The molecule has 0 aliphatic rings. The molecule has 0 radical (unpaired) electrons. The predicted molar refractivity (Wildman–Crippen MR) is 60.8 cm³/mol. The second kappa shape index (κ2) is 5.37. The lowest BCUT2D eigenvalue weighted by atomic mass is 10.1. The highest BCUT2D eigenvalue weighted by atomic mass is 79.9. The standard InChI is InChI=1S/C11H15BrO2/c1-8-5-6-9(4-3-7-13)10(12)11(8)14-2/h5-6,13H,3-4,7H2,1-2H3. The predicted octanol–water partition coefficient (Wildman–Crippen LogP) is 2.69. The average Bonchev–Trinajstić information content (AvgIpc) is 2.18. The molecule has 2 nitrogen and oxygen atoms in total. The topological polar surface area (TPSA) is 29.5 Å². The van der Waals surface area contributed by atoms with E-state index in [9.17, 15) is 0 Å². The van der Waals surface area contributed by atoms with Gasteiger partial charge in [-0.15, -0.1) is 0 Å². The lowest BCUT2D eigenvalue weighted by molar-refractivity contribution is 0.288. The second-order valence-electron chi connectivity index (χ2n) is 3.22. The van der Waals surface area contributed by atoms with Gasteiger partial charge in [-0.3, -0.25) is 0 Å². The summed E-state index contributed by atoms with van der Waals surface area (Å²) in [7, 11) is 1.67. The van der Waals surface area contributed by atoms with E-state index in [1.807, 2.05) is 13.0 Å². The van der Waals surface area contributed by atoms with Crippen molar-refractivity contribution in [3.63, 3.8) is 0 Å². The monoisotopic (exact) mass is 258 g/mol. The van der Waals surface area contributed by atoms with Crippen LogP contribution in [0.1, 0.15) is 17.5 Å². The zero-order valence-corrected chi connectivity index (χ0v) is 10.1. The van der Waals surface area contributed by atoms with Gasteiger partial charge in [0.15, 0.2) is 0 Å². The summed E-state index contributed by atoms with van der Waals surface area (Å²) < 4.78 is 6.29. The lowest BCUT2D eigenvalue weighted by Gasteiger charge is -2.11. The molecule has 0 aliphatic heterocycles. The van der Waals surface area contributed by atoms with Gasteiger partial charge in [0.05, 0.1) is 11.6 Å². The molecule has 0 amide bonds. The zero-order chi connectivity index (χ0) is 10.6. The van der Waals surface area contributed by atoms with Gasteiger partial charge in [0.2, 0.25) is 0 Å². The number of ether oxygens (including phenoxy) is 1. The van der Waals surface area contributed by atoms with Gasteiger partial charge < -0.3 is 9.84 Å². The molecule has 0 saturated heterocycles. The lowest BCUT2D eigenvalue weighted by Crippen LogP contribution is -1.95. The summed E-state index contributed by atoms with van der Waals surface area (Å²) >= 11 is 3.52. The number of methoxy groups -OCH3 is 1. The molecule has 14 heavy (non-hydrogen) atoms. The van der Waals surface area contributed by atoms with E-state index in [1.54, 1.807) is 7.11 Å². The Morgan fingerprint density at radius 2 is 2.14 bits per heavy atom. The third-order valence-corrected chi connectivity index (χ3v) is 3.05. The van der Waals surface area contributed by atoms with Gasteiger partial charge in [0.1, 0.15) is 5.75 Å². The van der Waals surface area contributed by atoms with Crippen molar-refractivity contribution in [2.45, 2.75) is 19.8 Å². The number of benzene rings is 1. The number of hydrogen-bond acceptors (Lipinski definition) is 2. The molecule has 0 atom stereocenters. The first kappa shape index (κ1) is 11.5. The number of aliphatic hydroxyl groups excluding tert-OH is 1. The van der Waals surface area contributed by atoms with Crippen LogP contribution in [0.2, 0.25) is 0 Å². The van der Waals surface area contributed by atoms with E-state index in [4.69, 9.17) is 9.84 Å². The van der Waals surface area contributed by atoms with Crippen LogP contribution in [0, 0.1) is 6.92 Å². The van der Waals surface area contributed by atoms with Crippen molar-refractivity contribution in [1.29, 1.82) is 0 Å². The molecular weight excluding hydrogens is 244 g/mol. The van der Waals surface area contributed by atoms with Crippen LogP contribution in [0.15, 0.2) is 16.6 Å². The quantitative estimate of drug-likeness (QED) is 0.900. The van der Waals surface area contributed by atoms with Crippen LogP contribution in [0.25, 0.3) is 0 Å². The molecule has 0 saturated carbocycles. The Kier molecular flexibility index (Phi) is 4.42. The Bertz CT molecular complexity index is 310. The molecule has 1 aromatic rings. The number of rotatable bonds is 4. The Labute approximate surface area is 93.0 Å². The third kappa shape index (κ3) is 2.49. The highest BCUT2D eigenvalue weighted by Crippen LogP contribution is 2.32. The molecule has 0 spiro atoms. The fraction of sp³-hybridized carbons (Fsp3) is 0.455. The first-order valence-electron chi connectivity index (χ1n) is 4.63. The van der Waals surface area contributed by atoms with Crippen molar-refractivity contribution in [2.24, 2.45) is 0 Å². The first-order chi connectivity index (χ1) is 6.70. The summed E-state index contributed by atoms with van der Waals surface area (Å²) in [5.74, 6) is 0.889.